The van der Waals surface area contributed by atoms with E-state index in [-0.39, 0.29) is 12.6 Å². The summed E-state index contributed by atoms with van der Waals surface area (Å²) >= 11 is 0. The molecule has 98 valence electrons. The maximum absolute atomic E-state index is 12.2. The van der Waals surface area contributed by atoms with Crippen molar-refractivity contribution in [2.45, 2.75) is 33.1 Å². The summed E-state index contributed by atoms with van der Waals surface area (Å²) in [6, 6.07) is -0.124. The topological polar surface area (TPSA) is 60.9 Å². The minimum absolute atomic E-state index is 0.124. The zero-order chi connectivity index (χ0) is 12.8. The molecule has 0 saturated carbocycles. The molecule has 5 nitrogen and oxygen atoms in total. The van der Waals surface area contributed by atoms with Gasteiger partial charge in [-0.3, -0.25) is 4.79 Å². The fourth-order valence-electron chi connectivity index (χ4n) is 2.24. The van der Waals surface area contributed by atoms with E-state index in [0.29, 0.717) is 12.5 Å². The van der Waals surface area contributed by atoms with E-state index in [1.807, 2.05) is 6.92 Å². The van der Waals surface area contributed by atoms with Crippen molar-refractivity contribution in [1.82, 2.24) is 9.80 Å². The van der Waals surface area contributed by atoms with E-state index in [1.165, 1.54) is 4.90 Å². The SMILES string of the molecule is CCCN(CC(=O)O)C(=O)N1CCCC(C)C1. The van der Waals surface area contributed by atoms with Crippen LogP contribution in [0.1, 0.15) is 33.1 Å². The largest absolute Gasteiger partial charge is 0.480 e. The van der Waals surface area contributed by atoms with Crippen LogP contribution in [0, 0.1) is 5.92 Å². The Labute approximate surface area is 102 Å². The first-order valence-electron chi connectivity index (χ1n) is 6.30. The third-order valence-corrected chi connectivity index (χ3v) is 3.02. The number of carbonyl (C=O) groups excluding carboxylic acids is 1. The van der Waals surface area contributed by atoms with Crippen LogP contribution in [0.25, 0.3) is 0 Å². The Morgan fingerprint density at radius 3 is 2.71 bits per heavy atom. The van der Waals surface area contributed by atoms with Crippen molar-refractivity contribution in [2.75, 3.05) is 26.2 Å². The fourth-order valence-corrected chi connectivity index (χ4v) is 2.24. The lowest BCUT2D eigenvalue weighted by Crippen LogP contribution is -2.48. The maximum Gasteiger partial charge on any atom is 0.323 e. The monoisotopic (exact) mass is 242 g/mol. The number of carboxylic acids is 1. The van der Waals surface area contributed by atoms with Gasteiger partial charge in [0.2, 0.25) is 0 Å². The van der Waals surface area contributed by atoms with Gasteiger partial charge in [-0.2, -0.15) is 0 Å². The number of hydrogen-bond donors (Lipinski definition) is 1. The fraction of sp³-hybridized carbons (Fsp3) is 0.833. The summed E-state index contributed by atoms with van der Waals surface area (Å²) in [6.45, 7) is 5.89. The molecule has 1 N–H and O–H groups in total. The standard InChI is InChI=1S/C12H22N2O3/c1-3-6-13(9-11(15)16)12(17)14-7-4-5-10(2)8-14/h10H,3-9H2,1-2H3,(H,15,16). The summed E-state index contributed by atoms with van der Waals surface area (Å²) in [5.74, 6) is -0.433. The van der Waals surface area contributed by atoms with Crippen LogP contribution in [0.15, 0.2) is 0 Å². The van der Waals surface area contributed by atoms with Crippen molar-refractivity contribution < 1.29 is 14.7 Å². The van der Waals surface area contributed by atoms with Crippen molar-refractivity contribution in [3.05, 3.63) is 0 Å². The zero-order valence-electron chi connectivity index (χ0n) is 10.7. The molecule has 17 heavy (non-hydrogen) atoms. The number of nitrogens with zero attached hydrogens (tertiary/aromatic N) is 2. The van der Waals surface area contributed by atoms with Gasteiger partial charge in [0.25, 0.3) is 0 Å². The average Bonchev–Trinajstić information content (AvgIpc) is 2.27. The van der Waals surface area contributed by atoms with Crippen LogP contribution in [0.4, 0.5) is 4.79 Å². The zero-order valence-corrected chi connectivity index (χ0v) is 10.7. The summed E-state index contributed by atoms with van der Waals surface area (Å²) in [6.07, 6.45) is 2.94. The van der Waals surface area contributed by atoms with Gasteiger partial charge < -0.3 is 14.9 Å². The van der Waals surface area contributed by atoms with Crippen LogP contribution in [0.2, 0.25) is 0 Å². The number of aliphatic carboxylic acids is 1. The van der Waals surface area contributed by atoms with E-state index in [1.54, 1.807) is 4.90 Å². The van der Waals surface area contributed by atoms with Gasteiger partial charge in [0.1, 0.15) is 6.54 Å². The number of piperidine rings is 1. The second-order valence-corrected chi connectivity index (χ2v) is 4.79. The van der Waals surface area contributed by atoms with E-state index in [0.717, 1.165) is 32.4 Å². The Kier molecular flexibility index (Phi) is 5.25. The average molecular weight is 242 g/mol. The van der Waals surface area contributed by atoms with Crippen molar-refractivity contribution in [3.8, 4) is 0 Å². The summed E-state index contributed by atoms with van der Waals surface area (Å²) in [5, 5.41) is 8.80. The van der Waals surface area contributed by atoms with Crippen molar-refractivity contribution >= 4 is 12.0 Å². The Hall–Kier alpha value is -1.26. The molecule has 2 amide bonds. The number of carboxylic acid groups (broad SMARTS) is 1. The van der Waals surface area contributed by atoms with Gasteiger partial charge in [0.05, 0.1) is 0 Å². The first kappa shape index (κ1) is 13.8. The Balaban J connectivity index is 2.59. The van der Waals surface area contributed by atoms with E-state index in [4.69, 9.17) is 5.11 Å². The highest BCUT2D eigenvalue weighted by Crippen LogP contribution is 2.16. The second-order valence-electron chi connectivity index (χ2n) is 4.79. The third-order valence-electron chi connectivity index (χ3n) is 3.02. The third kappa shape index (κ3) is 4.24. The molecule has 1 rings (SSSR count). The number of hydrogen-bond acceptors (Lipinski definition) is 2. The van der Waals surface area contributed by atoms with E-state index in [9.17, 15) is 9.59 Å². The highest BCUT2D eigenvalue weighted by atomic mass is 16.4. The van der Waals surface area contributed by atoms with Crippen LogP contribution < -0.4 is 0 Å². The lowest BCUT2D eigenvalue weighted by Gasteiger charge is -2.34. The molecule has 1 aliphatic rings. The molecule has 1 saturated heterocycles. The van der Waals surface area contributed by atoms with Gasteiger partial charge in [0, 0.05) is 19.6 Å². The molecule has 0 aliphatic carbocycles. The molecule has 1 atom stereocenters. The molecule has 1 fully saturated rings. The van der Waals surface area contributed by atoms with E-state index < -0.39 is 5.97 Å². The summed E-state index contributed by atoms with van der Waals surface area (Å²) in [4.78, 5) is 26.1. The van der Waals surface area contributed by atoms with Crippen molar-refractivity contribution in [2.24, 2.45) is 5.92 Å². The van der Waals surface area contributed by atoms with E-state index >= 15 is 0 Å². The quantitative estimate of drug-likeness (QED) is 0.815. The van der Waals surface area contributed by atoms with Crippen molar-refractivity contribution in [3.63, 3.8) is 0 Å². The molecule has 5 heteroatoms. The first-order valence-corrected chi connectivity index (χ1v) is 6.30. The minimum atomic E-state index is -0.947. The maximum atomic E-state index is 12.2. The van der Waals surface area contributed by atoms with Crippen LogP contribution in [0.3, 0.4) is 0 Å². The number of carbonyl (C=O) groups is 2. The van der Waals surface area contributed by atoms with Crippen LogP contribution in [-0.2, 0) is 4.79 Å². The Morgan fingerprint density at radius 2 is 2.18 bits per heavy atom. The van der Waals surface area contributed by atoms with Gasteiger partial charge in [-0.25, -0.2) is 4.79 Å². The Morgan fingerprint density at radius 1 is 1.47 bits per heavy atom. The predicted octanol–water partition coefficient (Wildman–Crippen LogP) is 1.63. The lowest BCUT2D eigenvalue weighted by molar-refractivity contribution is -0.137. The first-order chi connectivity index (χ1) is 8.04. The molecule has 0 aromatic carbocycles. The Bertz CT molecular complexity index is 281. The number of amides is 2. The second kappa shape index (κ2) is 6.47. The number of urea groups is 1. The summed E-state index contributed by atoms with van der Waals surface area (Å²) < 4.78 is 0. The highest BCUT2D eigenvalue weighted by Gasteiger charge is 2.25. The van der Waals surface area contributed by atoms with E-state index in [2.05, 4.69) is 6.92 Å². The van der Waals surface area contributed by atoms with Gasteiger partial charge in [0.15, 0.2) is 0 Å². The molecule has 1 unspecified atom stereocenters. The molecule has 0 aromatic heterocycles. The normalized spacial score (nSPS) is 20.1. The molecule has 0 aromatic rings. The van der Waals surface area contributed by atoms with Gasteiger partial charge in [-0.15, -0.1) is 0 Å². The molecule has 0 radical (unpaired) electrons. The molecular formula is C12H22N2O3. The molecular weight excluding hydrogens is 220 g/mol. The number of likely N-dealkylation sites (tertiary alicyclic amines) is 1. The van der Waals surface area contributed by atoms with Crippen LogP contribution >= 0.6 is 0 Å². The number of rotatable bonds is 4. The lowest BCUT2D eigenvalue weighted by atomic mass is 10.0. The highest BCUT2D eigenvalue weighted by molar-refractivity contribution is 5.80. The van der Waals surface area contributed by atoms with Crippen molar-refractivity contribution in [1.29, 1.82) is 0 Å². The van der Waals surface area contributed by atoms with Crippen LogP contribution in [0.5, 0.6) is 0 Å². The minimum Gasteiger partial charge on any atom is -0.480 e. The summed E-state index contributed by atoms with van der Waals surface area (Å²) in [5.41, 5.74) is 0. The molecule has 0 spiro atoms. The smallest absolute Gasteiger partial charge is 0.323 e. The predicted molar refractivity (Wildman–Crippen MR) is 64.9 cm³/mol. The molecule has 1 heterocycles. The van der Waals surface area contributed by atoms with Gasteiger partial charge >= 0.3 is 12.0 Å². The van der Waals surface area contributed by atoms with Gasteiger partial charge in [-0.05, 0) is 25.2 Å². The summed E-state index contributed by atoms with van der Waals surface area (Å²) in [7, 11) is 0. The molecule has 0 bridgehead atoms. The van der Waals surface area contributed by atoms with Gasteiger partial charge in [-0.1, -0.05) is 13.8 Å². The molecule has 1 aliphatic heterocycles. The van der Waals surface area contributed by atoms with Crippen LogP contribution in [-0.4, -0.2) is 53.1 Å².